The second kappa shape index (κ2) is 8.48. The molecule has 0 atom stereocenters. The summed E-state index contributed by atoms with van der Waals surface area (Å²) in [6.07, 6.45) is 5.50. The maximum Gasteiger partial charge on any atom is 0.152 e. The van der Waals surface area contributed by atoms with E-state index in [0.29, 0.717) is 5.82 Å². The fourth-order valence-corrected chi connectivity index (χ4v) is 3.04. The first kappa shape index (κ1) is 17.9. The zero-order chi connectivity index (χ0) is 18.4. The van der Waals surface area contributed by atoms with E-state index in [1.165, 1.54) is 24.8 Å². The number of nitrogen functional groups attached to an aromatic ring is 1. The Morgan fingerprint density at radius 2 is 1.69 bits per heavy atom. The number of unbranched alkanes of at least 4 members (excludes halogenated alkanes) is 2. The largest absolute Gasteiger partial charge is 0.382 e. The quantitative estimate of drug-likeness (QED) is 0.507. The van der Waals surface area contributed by atoms with Gasteiger partial charge in [-0.15, -0.1) is 0 Å². The van der Waals surface area contributed by atoms with Crippen molar-refractivity contribution in [1.82, 2.24) is 14.5 Å². The first-order valence-corrected chi connectivity index (χ1v) is 9.21. The molecule has 0 spiro atoms. The van der Waals surface area contributed by atoms with Crippen LogP contribution in [0.1, 0.15) is 31.7 Å². The SMILES string of the molecule is CCCCCn1cnc2c(N)nc3ccccc3c21.Cc1ccccc1. The molecule has 4 rings (SSSR count). The van der Waals surface area contributed by atoms with E-state index < -0.39 is 0 Å². The van der Waals surface area contributed by atoms with Crippen LogP contribution in [0.2, 0.25) is 0 Å². The first-order chi connectivity index (χ1) is 12.7. The summed E-state index contributed by atoms with van der Waals surface area (Å²) in [6.45, 7) is 5.28. The van der Waals surface area contributed by atoms with E-state index >= 15 is 0 Å². The van der Waals surface area contributed by atoms with Crippen LogP contribution in [0, 0.1) is 6.92 Å². The van der Waals surface area contributed by atoms with Gasteiger partial charge in [0.05, 0.1) is 17.4 Å². The summed E-state index contributed by atoms with van der Waals surface area (Å²) in [4.78, 5) is 8.84. The number of nitrogens with two attached hydrogens (primary N) is 1. The molecule has 0 bridgehead atoms. The van der Waals surface area contributed by atoms with Crippen LogP contribution in [-0.4, -0.2) is 14.5 Å². The number of fused-ring (bicyclic) bond motifs is 3. The molecule has 0 saturated heterocycles. The predicted octanol–water partition coefficient (Wildman–Crippen LogP) is 5.35. The summed E-state index contributed by atoms with van der Waals surface area (Å²) >= 11 is 0. The van der Waals surface area contributed by atoms with Gasteiger partial charge in [0, 0.05) is 11.9 Å². The topological polar surface area (TPSA) is 56.7 Å². The number of pyridine rings is 1. The normalized spacial score (nSPS) is 10.7. The smallest absolute Gasteiger partial charge is 0.152 e. The molecule has 134 valence electrons. The standard InChI is InChI=1S/C15H18N4.C7H8/c1-2-3-6-9-19-10-17-13-14(19)11-7-4-5-8-12(11)18-15(13)16;1-7-5-3-2-4-6-7/h4-5,7-8,10H,2-3,6,9H2,1H3,(H2,16,18);2-6H,1H3. The second-order valence-electron chi connectivity index (χ2n) is 6.51. The Labute approximate surface area is 154 Å². The van der Waals surface area contributed by atoms with Crippen LogP contribution in [-0.2, 0) is 6.54 Å². The lowest BCUT2D eigenvalue weighted by Gasteiger charge is -2.07. The van der Waals surface area contributed by atoms with Crippen molar-refractivity contribution in [1.29, 1.82) is 0 Å². The molecule has 0 aliphatic carbocycles. The van der Waals surface area contributed by atoms with Crippen LogP contribution in [0.15, 0.2) is 60.9 Å². The van der Waals surface area contributed by atoms with Gasteiger partial charge in [-0.05, 0) is 19.4 Å². The molecular formula is C22H26N4. The molecule has 0 fully saturated rings. The molecule has 4 aromatic rings. The minimum Gasteiger partial charge on any atom is -0.382 e. The second-order valence-corrected chi connectivity index (χ2v) is 6.51. The molecule has 0 aliphatic rings. The monoisotopic (exact) mass is 346 g/mol. The number of hydrogen-bond donors (Lipinski definition) is 1. The number of benzene rings is 2. The fraction of sp³-hybridized carbons (Fsp3) is 0.273. The molecule has 0 saturated carbocycles. The van der Waals surface area contributed by atoms with Gasteiger partial charge >= 0.3 is 0 Å². The van der Waals surface area contributed by atoms with Gasteiger partial charge in [-0.1, -0.05) is 73.9 Å². The molecule has 2 aromatic carbocycles. The zero-order valence-corrected chi connectivity index (χ0v) is 15.5. The van der Waals surface area contributed by atoms with Crippen LogP contribution in [0.5, 0.6) is 0 Å². The van der Waals surface area contributed by atoms with Crippen molar-refractivity contribution in [2.24, 2.45) is 0 Å². The maximum absolute atomic E-state index is 6.00. The lowest BCUT2D eigenvalue weighted by atomic mass is 10.2. The van der Waals surface area contributed by atoms with E-state index in [9.17, 15) is 0 Å². The predicted molar refractivity (Wildman–Crippen MR) is 110 cm³/mol. The van der Waals surface area contributed by atoms with Crippen molar-refractivity contribution in [2.75, 3.05) is 5.73 Å². The van der Waals surface area contributed by atoms with E-state index in [1.807, 2.05) is 42.7 Å². The number of anilines is 1. The molecule has 2 heterocycles. The Kier molecular flexibility index (Phi) is 5.84. The molecule has 0 amide bonds. The van der Waals surface area contributed by atoms with Crippen molar-refractivity contribution in [3.05, 3.63) is 66.5 Å². The number of rotatable bonds is 4. The highest BCUT2D eigenvalue weighted by atomic mass is 15.1. The van der Waals surface area contributed by atoms with Gasteiger partial charge in [-0.25, -0.2) is 9.97 Å². The Balaban J connectivity index is 0.000000236. The third-order valence-corrected chi connectivity index (χ3v) is 4.42. The van der Waals surface area contributed by atoms with E-state index in [-0.39, 0.29) is 0 Å². The van der Waals surface area contributed by atoms with Crippen molar-refractivity contribution < 1.29 is 0 Å². The lowest BCUT2D eigenvalue weighted by Crippen LogP contribution is -1.98. The van der Waals surface area contributed by atoms with Gasteiger partial charge in [0.1, 0.15) is 5.52 Å². The van der Waals surface area contributed by atoms with Crippen LogP contribution in [0.3, 0.4) is 0 Å². The fourth-order valence-electron chi connectivity index (χ4n) is 3.04. The average molecular weight is 346 g/mol. The Morgan fingerprint density at radius 3 is 2.38 bits per heavy atom. The Morgan fingerprint density at radius 1 is 0.962 bits per heavy atom. The van der Waals surface area contributed by atoms with Gasteiger partial charge in [0.15, 0.2) is 5.82 Å². The van der Waals surface area contributed by atoms with E-state index in [1.54, 1.807) is 0 Å². The highest BCUT2D eigenvalue weighted by molar-refractivity contribution is 6.06. The Bertz CT molecular complexity index is 973. The summed E-state index contributed by atoms with van der Waals surface area (Å²) in [5, 5.41) is 1.13. The zero-order valence-electron chi connectivity index (χ0n) is 15.5. The molecule has 0 aliphatic heterocycles. The molecule has 0 radical (unpaired) electrons. The minimum absolute atomic E-state index is 0.517. The number of para-hydroxylation sites is 1. The van der Waals surface area contributed by atoms with Crippen LogP contribution >= 0.6 is 0 Å². The molecule has 4 nitrogen and oxygen atoms in total. The summed E-state index contributed by atoms with van der Waals surface area (Å²) in [5.41, 5.74) is 10.2. The Hall–Kier alpha value is -2.88. The van der Waals surface area contributed by atoms with Crippen molar-refractivity contribution >= 4 is 27.8 Å². The highest BCUT2D eigenvalue weighted by Gasteiger charge is 2.11. The average Bonchev–Trinajstić information content (AvgIpc) is 3.08. The summed E-state index contributed by atoms with van der Waals surface area (Å²) in [5.74, 6) is 0.517. The van der Waals surface area contributed by atoms with Crippen molar-refractivity contribution in [2.45, 2.75) is 39.7 Å². The molecule has 4 heteroatoms. The summed E-state index contributed by atoms with van der Waals surface area (Å²) < 4.78 is 2.20. The third kappa shape index (κ3) is 4.02. The number of imidazole rings is 1. The van der Waals surface area contributed by atoms with Gasteiger partial charge in [-0.3, -0.25) is 0 Å². The van der Waals surface area contributed by atoms with E-state index in [4.69, 9.17) is 5.73 Å². The van der Waals surface area contributed by atoms with Gasteiger partial charge < -0.3 is 10.3 Å². The highest BCUT2D eigenvalue weighted by Crippen LogP contribution is 2.27. The summed E-state index contributed by atoms with van der Waals surface area (Å²) in [7, 11) is 0. The number of aromatic nitrogens is 3. The molecular weight excluding hydrogens is 320 g/mol. The third-order valence-electron chi connectivity index (χ3n) is 4.42. The number of aryl methyl sites for hydroxylation is 2. The molecule has 26 heavy (non-hydrogen) atoms. The van der Waals surface area contributed by atoms with E-state index in [0.717, 1.165) is 28.5 Å². The summed E-state index contributed by atoms with van der Waals surface area (Å²) in [6, 6.07) is 18.4. The molecule has 0 unspecified atom stereocenters. The van der Waals surface area contributed by atoms with Crippen LogP contribution in [0.25, 0.3) is 21.9 Å². The first-order valence-electron chi connectivity index (χ1n) is 9.21. The molecule has 2 aromatic heterocycles. The lowest BCUT2D eigenvalue weighted by molar-refractivity contribution is 0.614. The van der Waals surface area contributed by atoms with E-state index in [2.05, 4.69) is 46.6 Å². The van der Waals surface area contributed by atoms with Gasteiger partial charge in [-0.2, -0.15) is 0 Å². The van der Waals surface area contributed by atoms with Crippen LogP contribution in [0.4, 0.5) is 5.82 Å². The molecule has 2 N–H and O–H groups in total. The minimum atomic E-state index is 0.517. The number of hydrogen-bond acceptors (Lipinski definition) is 3. The number of nitrogens with zero attached hydrogens (tertiary/aromatic N) is 3. The van der Waals surface area contributed by atoms with Crippen LogP contribution < -0.4 is 5.73 Å². The van der Waals surface area contributed by atoms with Crippen molar-refractivity contribution in [3.63, 3.8) is 0 Å². The maximum atomic E-state index is 6.00. The van der Waals surface area contributed by atoms with Gasteiger partial charge in [0.2, 0.25) is 0 Å². The van der Waals surface area contributed by atoms with Gasteiger partial charge in [0.25, 0.3) is 0 Å². The van der Waals surface area contributed by atoms with Crippen molar-refractivity contribution in [3.8, 4) is 0 Å².